The van der Waals surface area contributed by atoms with E-state index in [1.165, 1.54) is 12.1 Å². The molecule has 0 saturated heterocycles. The van der Waals surface area contributed by atoms with Crippen LogP contribution in [0.3, 0.4) is 0 Å². The Kier molecular flexibility index (Phi) is 4.25. The first-order valence-electron chi connectivity index (χ1n) is 6.69. The lowest BCUT2D eigenvalue weighted by Gasteiger charge is -2.05. The van der Waals surface area contributed by atoms with Crippen molar-refractivity contribution in [3.63, 3.8) is 0 Å². The summed E-state index contributed by atoms with van der Waals surface area (Å²) in [5.41, 5.74) is 0.933. The minimum atomic E-state index is -0.619. The number of cyclic esters (lactones) is 1. The van der Waals surface area contributed by atoms with Gasteiger partial charge in [0, 0.05) is 10.0 Å². The molecule has 0 unspecified atom stereocenters. The zero-order valence-corrected chi connectivity index (χ0v) is 13.6. The van der Waals surface area contributed by atoms with Gasteiger partial charge in [0.05, 0.1) is 12.7 Å². The number of methoxy groups -OCH3 is 1. The van der Waals surface area contributed by atoms with Crippen molar-refractivity contribution in [2.45, 2.75) is 0 Å². The minimum Gasteiger partial charge on any atom is -0.497 e. The van der Waals surface area contributed by atoms with E-state index in [1.54, 1.807) is 43.5 Å². The normalized spacial score (nSPS) is 15.5. The van der Waals surface area contributed by atoms with Crippen molar-refractivity contribution in [3.05, 3.63) is 69.6 Å². The summed E-state index contributed by atoms with van der Waals surface area (Å²) in [6.07, 6.45) is 1.36. The van der Waals surface area contributed by atoms with Crippen LogP contribution in [0.15, 0.2) is 57.6 Å². The third kappa shape index (κ3) is 3.17. The number of carbonyl (C=O) groups excluding carboxylic acids is 1. The molecule has 1 heterocycles. The number of carbonyl (C=O) groups is 1. The van der Waals surface area contributed by atoms with E-state index in [1.807, 2.05) is 0 Å². The first kappa shape index (κ1) is 15.4. The molecule has 2 aromatic rings. The van der Waals surface area contributed by atoms with Crippen molar-refractivity contribution in [3.8, 4) is 5.75 Å². The fraction of sp³-hybridized carbons (Fsp3) is 0.0588. The Morgan fingerprint density at radius 3 is 2.74 bits per heavy atom. The number of hydrogen-bond donors (Lipinski definition) is 0. The van der Waals surface area contributed by atoms with Crippen LogP contribution in [0.1, 0.15) is 11.1 Å². The molecule has 0 N–H and O–H groups in total. The Morgan fingerprint density at radius 2 is 2.04 bits per heavy atom. The molecule has 0 saturated carbocycles. The lowest BCUT2D eigenvalue weighted by molar-refractivity contribution is -0.129. The van der Waals surface area contributed by atoms with Gasteiger partial charge in [-0.25, -0.2) is 14.2 Å². The van der Waals surface area contributed by atoms with Crippen LogP contribution in [0, 0.1) is 5.82 Å². The molecule has 1 aliphatic rings. The predicted octanol–water partition coefficient (Wildman–Crippen LogP) is 3.94. The van der Waals surface area contributed by atoms with Crippen LogP contribution in [-0.2, 0) is 9.53 Å². The highest BCUT2D eigenvalue weighted by atomic mass is 79.9. The Hall–Kier alpha value is -2.47. The highest BCUT2D eigenvalue weighted by Gasteiger charge is 2.25. The van der Waals surface area contributed by atoms with E-state index < -0.39 is 11.8 Å². The molecule has 0 amide bonds. The molecule has 0 aromatic heterocycles. The SMILES string of the molecule is COc1ccc(C2=N/C(=C\c3ccccc3F)C(=O)O2)c(Br)c1. The van der Waals surface area contributed by atoms with Gasteiger partial charge in [0.2, 0.25) is 5.90 Å². The van der Waals surface area contributed by atoms with E-state index in [4.69, 9.17) is 9.47 Å². The average Bonchev–Trinajstić information content (AvgIpc) is 2.90. The van der Waals surface area contributed by atoms with E-state index in [0.29, 0.717) is 15.8 Å². The van der Waals surface area contributed by atoms with E-state index in [9.17, 15) is 9.18 Å². The molecule has 3 rings (SSSR count). The Morgan fingerprint density at radius 1 is 1.26 bits per heavy atom. The summed E-state index contributed by atoms with van der Waals surface area (Å²) < 4.78 is 24.6. The van der Waals surface area contributed by atoms with Gasteiger partial charge in [0.1, 0.15) is 11.6 Å². The number of aliphatic imine (C=N–C) groups is 1. The van der Waals surface area contributed by atoms with E-state index in [2.05, 4.69) is 20.9 Å². The summed E-state index contributed by atoms with van der Waals surface area (Å²) >= 11 is 3.38. The van der Waals surface area contributed by atoms with Crippen molar-refractivity contribution in [2.24, 2.45) is 4.99 Å². The van der Waals surface area contributed by atoms with Gasteiger partial charge >= 0.3 is 5.97 Å². The van der Waals surface area contributed by atoms with Crippen LogP contribution in [0.25, 0.3) is 6.08 Å². The molecule has 23 heavy (non-hydrogen) atoms. The minimum absolute atomic E-state index is 0.0489. The summed E-state index contributed by atoms with van der Waals surface area (Å²) in [7, 11) is 1.56. The monoisotopic (exact) mass is 375 g/mol. The second-order valence-electron chi connectivity index (χ2n) is 4.70. The van der Waals surface area contributed by atoms with Gasteiger partial charge in [0.15, 0.2) is 5.70 Å². The summed E-state index contributed by atoms with van der Waals surface area (Å²) in [4.78, 5) is 16.1. The quantitative estimate of drug-likeness (QED) is 0.602. The average molecular weight is 376 g/mol. The van der Waals surface area contributed by atoms with Crippen molar-refractivity contribution in [1.29, 1.82) is 0 Å². The van der Waals surface area contributed by atoms with Gasteiger partial charge in [0.25, 0.3) is 0 Å². The van der Waals surface area contributed by atoms with Crippen molar-refractivity contribution in [2.75, 3.05) is 7.11 Å². The molecule has 0 spiro atoms. The number of esters is 1. The number of nitrogens with zero attached hydrogens (tertiary/aromatic N) is 1. The van der Waals surface area contributed by atoms with Crippen molar-refractivity contribution >= 4 is 33.9 Å². The third-order valence-corrected chi connectivity index (χ3v) is 3.88. The highest BCUT2D eigenvalue weighted by Crippen LogP contribution is 2.27. The van der Waals surface area contributed by atoms with E-state index in [0.717, 1.165) is 0 Å². The Bertz CT molecular complexity index is 845. The summed E-state index contributed by atoms with van der Waals surface area (Å²) in [5.74, 6) is -0.229. The zero-order chi connectivity index (χ0) is 16.4. The molecule has 0 fully saturated rings. The van der Waals surface area contributed by atoms with Crippen LogP contribution >= 0.6 is 15.9 Å². The molecule has 0 aliphatic carbocycles. The van der Waals surface area contributed by atoms with Gasteiger partial charge < -0.3 is 9.47 Å². The molecular weight excluding hydrogens is 365 g/mol. The maximum atomic E-state index is 13.7. The first-order chi connectivity index (χ1) is 11.1. The van der Waals surface area contributed by atoms with Crippen molar-refractivity contribution in [1.82, 2.24) is 0 Å². The molecule has 0 bridgehead atoms. The van der Waals surface area contributed by atoms with E-state index >= 15 is 0 Å². The van der Waals surface area contributed by atoms with Gasteiger partial charge in [-0.3, -0.25) is 0 Å². The second-order valence-corrected chi connectivity index (χ2v) is 5.56. The van der Waals surface area contributed by atoms with Crippen LogP contribution in [0.4, 0.5) is 4.39 Å². The van der Waals surface area contributed by atoms with Gasteiger partial charge in [-0.2, -0.15) is 0 Å². The first-order valence-corrected chi connectivity index (χ1v) is 7.49. The number of ether oxygens (including phenoxy) is 2. The van der Waals surface area contributed by atoms with Crippen LogP contribution < -0.4 is 4.74 Å². The standard InChI is InChI=1S/C17H11BrFNO3/c1-22-11-6-7-12(13(18)9-11)16-20-15(17(21)23-16)8-10-4-2-3-5-14(10)19/h2-9H,1H3/b15-8-. The molecule has 1 aliphatic heterocycles. The molecule has 116 valence electrons. The van der Waals surface area contributed by atoms with E-state index in [-0.39, 0.29) is 17.2 Å². The maximum absolute atomic E-state index is 13.7. The maximum Gasteiger partial charge on any atom is 0.363 e. The third-order valence-electron chi connectivity index (χ3n) is 3.22. The number of halogens is 2. The van der Waals surface area contributed by atoms with Gasteiger partial charge in [-0.15, -0.1) is 0 Å². The molecule has 4 nitrogen and oxygen atoms in total. The number of rotatable bonds is 3. The second kappa shape index (κ2) is 6.34. The summed E-state index contributed by atoms with van der Waals surface area (Å²) in [6.45, 7) is 0. The number of benzene rings is 2. The van der Waals surface area contributed by atoms with Crippen molar-refractivity contribution < 1.29 is 18.7 Å². The zero-order valence-electron chi connectivity index (χ0n) is 12.0. The lowest BCUT2D eigenvalue weighted by Crippen LogP contribution is -2.06. The molecule has 0 radical (unpaired) electrons. The molecule has 6 heteroatoms. The van der Waals surface area contributed by atoms with Crippen LogP contribution in [-0.4, -0.2) is 19.0 Å². The highest BCUT2D eigenvalue weighted by molar-refractivity contribution is 9.10. The summed E-state index contributed by atoms with van der Waals surface area (Å²) in [6, 6.07) is 11.3. The molecule has 2 aromatic carbocycles. The topological polar surface area (TPSA) is 47.9 Å². The molecule has 0 atom stereocenters. The predicted molar refractivity (Wildman–Crippen MR) is 87.7 cm³/mol. The fourth-order valence-electron chi connectivity index (χ4n) is 2.06. The summed E-state index contributed by atoms with van der Waals surface area (Å²) in [5, 5.41) is 0. The molecular formula is C17H11BrFNO3. The van der Waals surface area contributed by atoms with Crippen LogP contribution in [0.5, 0.6) is 5.75 Å². The Labute approximate surface area is 140 Å². The number of hydrogen-bond acceptors (Lipinski definition) is 4. The van der Waals surface area contributed by atoms with Crippen LogP contribution in [0.2, 0.25) is 0 Å². The van der Waals surface area contributed by atoms with Gasteiger partial charge in [-0.05, 0) is 46.3 Å². The Balaban J connectivity index is 1.97. The largest absolute Gasteiger partial charge is 0.497 e. The lowest BCUT2D eigenvalue weighted by atomic mass is 10.2. The van der Waals surface area contributed by atoms with Gasteiger partial charge in [-0.1, -0.05) is 18.2 Å². The fourth-order valence-corrected chi connectivity index (χ4v) is 2.59. The smallest absolute Gasteiger partial charge is 0.363 e.